The maximum absolute atomic E-state index is 4.84. The van der Waals surface area contributed by atoms with E-state index in [2.05, 4.69) is 57.1 Å². The molecule has 1 aliphatic rings. The topological polar surface area (TPSA) is 70.4 Å². The van der Waals surface area contributed by atoms with Crippen LogP contribution in [-0.4, -0.2) is 57.8 Å². The van der Waals surface area contributed by atoms with E-state index in [4.69, 9.17) is 4.99 Å². The van der Waals surface area contributed by atoms with Gasteiger partial charge in [-0.3, -0.25) is 4.90 Å². The summed E-state index contributed by atoms with van der Waals surface area (Å²) in [5.74, 6) is 3.24. The number of hydrogen-bond acceptors (Lipinski definition) is 5. The number of rotatable bonds is 9. The first-order valence-electron chi connectivity index (χ1n) is 11.7. The van der Waals surface area contributed by atoms with Crippen LogP contribution < -0.4 is 10.6 Å². The van der Waals surface area contributed by atoms with Gasteiger partial charge in [0.2, 0.25) is 0 Å². The molecule has 1 aliphatic heterocycles. The van der Waals surface area contributed by atoms with Crippen LogP contribution in [-0.2, 0) is 20.0 Å². The zero-order valence-electron chi connectivity index (χ0n) is 20.0. The van der Waals surface area contributed by atoms with E-state index >= 15 is 0 Å². The summed E-state index contributed by atoms with van der Waals surface area (Å²) in [6, 6.07) is 4.81. The van der Waals surface area contributed by atoms with Crippen LogP contribution in [0, 0.1) is 12.8 Å². The fraction of sp³-hybridized carbons (Fsp3) is 0.696. The minimum atomic E-state index is 0. The van der Waals surface area contributed by atoms with Crippen LogP contribution in [0.1, 0.15) is 56.1 Å². The van der Waals surface area contributed by atoms with Gasteiger partial charge in [0.15, 0.2) is 11.8 Å². The maximum atomic E-state index is 4.84. The molecule has 0 spiro atoms. The van der Waals surface area contributed by atoms with E-state index in [0.29, 0.717) is 18.5 Å². The zero-order chi connectivity index (χ0) is 22.1. The summed E-state index contributed by atoms with van der Waals surface area (Å²) in [6.45, 7) is 11.3. The van der Waals surface area contributed by atoms with E-state index in [9.17, 15) is 0 Å². The number of likely N-dealkylation sites (tertiary alicyclic amines) is 1. The first-order valence-corrected chi connectivity index (χ1v) is 12.6. The molecule has 1 fully saturated rings. The summed E-state index contributed by atoms with van der Waals surface area (Å²) in [4.78, 5) is 8.91. The molecule has 0 bridgehead atoms. The molecule has 0 amide bonds. The highest BCUT2D eigenvalue weighted by atomic mass is 127. The molecular weight excluding hydrogens is 533 g/mol. The maximum Gasteiger partial charge on any atom is 0.191 e. The second kappa shape index (κ2) is 14.1. The van der Waals surface area contributed by atoms with Crippen LogP contribution in [0.15, 0.2) is 22.5 Å². The minimum absolute atomic E-state index is 0. The first-order chi connectivity index (χ1) is 15.0. The number of aryl methyl sites for hydroxylation is 1. The number of aromatic nitrogens is 3. The molecule has 9 heteroatoms. The second-order valence-electron chi connectivity index (χ2n) is 8.79. The van der Waals surface area contributed by atoms with Gasteiger partial charge in [0.1, 0.15) is 12.4 Å². The first kappa shape index (κ1) is 27.0. The highest BCUT2D eigenvalue weighted by molar-refractivity contribution is 14.0. The summed E-state index contributed by atoms with van der Waals surface area (Å²) in [6.07, 6.45) is 6.36. The van der Waals surface area contributed by atoms with E-state index in [0.717, 1.165) is 37.1 Å². The van der Waals surface area contributed by atoms with Gasteiger partial charge >= 0.3 is 0 Å². The Bertz CT molecular complexity index is 795. The molecule has 2 aromatic heterocycles. The normalized spacial score (nSPS) is 16.5. The molecule has 3 rings (SSSR count). The number of hydrogen-bond donors (Lipinski definition) is 2. The third-order valence-corrected chi connectivity index (χ3v) is 7.10. The van der Waals surface area contributed by atoms with Gasteiger partial charge in [-0.2, -0.15) is 0 Å². The second-order valence-corrected chi connectivity index (χ2v) is 9.82. The number of guanidine groups is 1. The highest BCUT2D eigenvalue weighted by Crippen LogP contribution is 2.17. The standard InChI is InChI=1S/C23H39N7S.HI/c1-18(2)21(30-13-7-5-6-8-14-30)16-25-23(24-12-11-20-10-9-15-31-20)26-17-22-28-27-19(3)29(22)4;/h9-10,15,18,21H,5-8,11-14,16-17H2,1-4H3,(H2,24,25,26);1H. The summed E-state index contributed by atoms with van der Waals surface area (Å²) in [7, 11) is 1.99. The van der Waals surface area contributed by atoms with Crippen molar-refractivity contribution in [2.45, 2.75) is 65.5 Å². The van der Waals surface area contributed by atoms with Crippen molar-refractivity contribution in [1.29, 1.82) is 0 Å². The van der Waals surface area contributed by atoms with Gasteiger partial charge in [0.05, 0.1) is 0 Å². The van der Waals surface area contributed by atoms with Crippen LogP contribution in [0.2, 0.25) is 0 Å². The van der Waals surface area contributed by atoms with Crippen molar-refractivity contribution in [3.05, 3.63) is 34.0 Å². The Morgan fingerprint density at radius 1 is 1.16 bits per heavy atom. The Morgan fingerprint density at radius 3 is 2.50 bits per heavy atom. The number of thiophene rings is 1. The molecule has 1 atom stereocenters. The SMILES string of the molecule is Cc1nnc(CN=C(NCCc2cccs2)NCC(C(C)C)N2CCCCCC2)n1C.I. The number of nitrogens with one attached hydrogen (secondary N) is 2. The molecule has 2 aromatic rings. The minimum Gasteiger partial charge on any atom is -0.356 e. The molecule has 32 heavy (non-hydrogen) atoms. The van der Waals surface area contributed by atoms with Gasteiger partial charge in [0.25, 0.3) is 0 Å². The van der Waals surface area contributed by atoms with Crippen molar-refractivity contribution in [1.82, 2.24) is 30.3 Å². The van der Waals surface area contributed by atoms with Crippen molar-refractivity contribution in [3.63, 3.8) is 0 Å². The molecule has 0 aliphatic carbocycles. The molecular formula is C23H40IN7S. The number of nitrogens with zero attached hydrogens (tertiary/aromatic N) is 5. The lowest BCUT2D eigenvalue weighted by Crippen LogP contribution is -2.50. The van der Waals surface area contributed by atoms with Gasteiger partial charge < -0.3 is 15.2 Å². The lowest BCUT2D eigenvalue weighted by atomic mass is 10.0. The van der Waals surface area contributed by atoms with Crippen LogP contribution in [0.5, 0.6) is 0 Å². The van der Waals surface area contributed by atoms with Gasteiger partial charge in [-0.25, -0.2) is 4.99 Å². The largest absolute Gasteiger partial charge is 0.356 e. The summed E-state index contributed by atoms with van der Waals surface area (Å²) in [5.41, 5.74) is 0. The lowest BCUT2D eigenvalue weighted by molar-refractivity contribution is 0.161. The quantitative estimate of drug-likeness (QED) is 0.270. The van der Waals surface area contributed by atoms with E-state index in [1.54, 1.807) is 11.3 Å². The average molecular weight is 574 g/mol. The number of halogens is 1. The summed E-state index contributed by atoms with van der Waals surface area (Å²) in [5, 5.41) is 17.7. The van der Waals surface area contributed by atoms with Crippen molar-refractivity contribution in [3.8, 4) is 0 Å². The van der Waals surface area contributed by atoms with Gasteiger partial charge in [-0.05, 0) is 56.6 Å². The summed E-state index contributed by atoms with van der Waals surface area (Å²) < 4.78 is 2.00. The van der Waals surface area contributed by atoms with Crippen LogP contribution >= 0.6 is 35.3 Å². The predicted molar refractivity (Wildman–Crippen MR) is 145 cm³/mol. The van der Waals surface area contributed by atoms with E-state index in [-0.39, 0.29) is 24.0 Å². The zero-order valence-corrected chi connectivity index (χ0v) is 23.2. The average Bonchev–Trinajstić information content (AvgIpc) is 3.28. The molecule has 7 nitrogen and oxygen atoms in total. The molecule has 180 valence electrons. The Balaban J connectivity index is 0.00000363. The third-order valence-electron chi connectivity index (χ3n) is 6.16. The molecule has 3 heterocycles. The third kappa shape index (κ3) is 8.30. The Labute approximate surface area is 214 Å². The smallest absolute Gasteiger partial charge is 0.191 e. The van der Waals surface area contributed by atoms with E-state index < -0.39 is 0 Å². The monoisotopic (exact) mass is 573 g/mol. The Kier molecular flexibility index (Phi) is 12.0. The molecule has 0 aromatic carbocycles. The molecule has 0 radical (unpaired) electrons. The van der Waals surface area contributed by atoms with Gasteiger partial charge in [-0.1, -0.05) is 32.8 Å². The van der Waals surface area contributed by atoms with Crippen molar-refractivity contribution in [2.24, 2.45) is 18.0 Å². The van der Waals surface area contributed by atoms with Gasteiger partial charge in [0, 0.05) is 31.1 Å². The predicted octanol–water partition coefficient (Wildman–Crippen LogP) is 3.98. The molecule has 1 unspecified atom stereocenters. The number of aliphatic imine (C=N–C) groups is 1. The van der Waals surface area contributed by atoms with Crippen molar-refractivity contribution in [2.75, 3.05) is 26.2 Å². The van der Waals surface area contributed by atoms with Gasteiger partial charge in [-0.15, -0.1) is 45.5 Å². The molecule has 2 N–H and O–H groups in total. The lowest BCUT2D eigenvalue weighted by Gasteiger charge is -2.34. The Morgan fingerprint density at radius 2 is 1.91 bits per heavy atom. The van der Waals surface area contributed by atoms with Crippen molar-refractivity contribution < 1.29 is 0 Å². The molecule has 0 saturated carbocycles. The summed E-state index contributed by atoms with van der Waals surface area (Å²) >= 11 is 1.80. The van der Waals surface area contributed by atoms with Crippen LogP contribution in [0.3, 0.4) is 0 Å². The van der Waals surface area contributed by atoms with E-state index in [1.165, 1.54) is 43.6 Å². The fourth-order valence-corrected chi connectivity index (χ4v) is 4.80. The van der Waals surface area contributed by atoms with Crippen LogP contribution in [0.4, 0.5) is 0 Å². The highest BCUT2D eigenvalue weighted by Gasteiger charge is 2.23. The van der Waals surface area contributed by atoms with Crippen molar-refractivity contribution >= 4 is 41.3 Å². The van der Waals surface area contributed by atoms with E-state index in [1.807, 2.05) is 18.5 Å². The van der Waals surface area contributed by atoms with Crippen LogP contribution in [0.25, 0.3) is 0 Å². The molecule has 1 saturated heterocycles. The Hall–Kier alpha value is -1.20. The fourth-order valence-electron chi connectivity index (χ4n) is 4.09.